The van der Waals surface area contributed by atoms with Crippen molar-refractivity contribution in [3.8, 4) is 0 Å². The first-order chi connectivity index (χ1) is 12.2. The van der Waals surface area contributed by atoms with Crippen LogP contribution in [0.3, 0.4) is 0 Å². The molecule has 126 valence electrons. The summed E-state index contributed by atoms with van der Waals surface area (Å²) in [5.41, 5.74) is 3.86. The summed E-state index contributed by atoms with van der Waals surface area (Å²) in [6.07, 6.45) is 4.26. The molecule has 0 radical (unpaired) electrons. The minimum Gasteiger partial charge on any atom is -0.354 e. The van der Waals surface area contributed by atoms with E-state index in [1.54, 1.807) is 40.9 Å². The van der Waals surface area contributed by atoms with Gasteiger partial charge in [-0.2, -0.15) is 5.10 Å². The summed E-state index contributed by atoms with van der Waals surface area (Å²) in [7, 11) is 1.61. The molecule has 1 N–H and O–H groups in total. The monoisotopic (exact) mass is 369 g/mol. The highest BCUT2D eigenvalue weighted by Crippen LogP contribution is 2.31. The second kappa shape index (κ2) is 6.45. The Morgan fingerprint density at radius 3 is 2.96 bits per heavy atom. The normalized spacial score (nSPS) is 11.3. The highest BCUT2D eigenvalue weighted by atomic mass is 32.2. The number of carbonyl (C=O) groups excluding carboxylic acids is 1. The lowest BCUT2D eigenvalue weighted by molar-refractivity contribution is 0.0958. The van der Waals surface area contributed by atoms with Gasteiger partial charge >= 0.3 is 0 Å². The fourth-order valence-electron chi connectivity index (χ4n) is 2.79. The maximum absolute atomic E-state index is 12.3. The quantitative estimate of drug-likeness (QED) is 0.560. The number of hydrogen-bond donors (Lipinski definition) is 1. The smallest absolute Gasteiger partial charge is 0.271 e. The van der Waals surface area contributed by atoms with E-state index in [9.17, 15) is 4.79 Å². The summed E-state index contributed by atoms with van der Waals surface area (Å²) in [4.78, 5) is 21.4. The molecule has 0 aliphatic heterocycles. The van der Waals surface area contributed by atoms with Crippen LogP contribution < -0.4 is 5.32 Å². The van der Waals surface area contributed by atoms with Gasteiger partial charge in [-0.1, -0.05) is 23.9 Å². The molecule has 0 bridgehead atoms. The molecule has 25 heavy (non-hydrogen) atoms. The molecule has 0 aliphatic rings. The zero-order valence-electron chi connectivity index (χ0n) is 13.7. The maximum atomic E-state index is 12.3. The Labute approximate surface area is 152 Å². The fourth-order valence-corrected chi connectivity index (χ4v) is 4.32. The number of thioether (sulfide) groups is 1. The number of para-hydroxylation sites is 1. The number of nitrogens with one attached hydrogen (secondary N) is 1. The lowest BCUT2D eigenvalue weighted by Gasteiger charge is -2.05. The fraction of sp³-hybridized carbons (Fsp3) is 0.176. The van der Waals surface area contributed by atoms with Crippen molar-refractivity contribution in [3.05, 3.63) is 53.5 Å². The topological polar surface area (TPSA) is 72.2 Å². The molecule has 6 nitrogen and oxygen atoms in total. The van der Waals surface area contributed by atoms with E-state index in [1.807, 2.05) is 30.5 Å². The molecule has 0 fully saturated rings. The van der Waals surface area contributed by atoms with Gasteiger partial charge in [-0.15, -0.1) is 11.3 Å². The van der Waals surface area contributed by atoms with Crippen molar-refractivity contribution in [1.82, 2.24) is 24.9 Å². The Morgan fingerprint density at radius 1 is 1.28 bits per heavy atom. The first-order valence-corrected chi connectivity index (χ1v) is 9.72. The lowest BCUT2D eigenvalue weighted by atomic mass is 10.1. The molecule has 0 saturated carbocycles. The molecular weight excluding hydrogens is 354 g/mol. The van der Waals surface area contributed by atoms with Gasteiger partial charge in [0.25, 0.3) is 5.91 Å². The Morgan fingerprint density at radius 2 is 2.16 bits per heavy atom. The Balaban J connectivity index is 1.88. The van der Waals surface area contributed by atoms with Gasteiger partial charge in [0.15, 0.2) is 15.7 Å². The summed E-state index contributed by atoms with van der Waals surface area (Å²) < 4.78 is 3.90. The number of nitrogens with zero attached hydrogens (tertiary/aromatic N) is 4. The van der Waals surface area contributed by atoms with Crippen LogP contribution in [0.4, 0.5) is 0 Å². The number of imidazole rings is 1. The molecule has 0 unspecified atom stereocenters. The highest BCUT2D eigenvalue weighted by molar-refractivity contribution is 8.00. The largest absolute Gasteiger partial charge is 0.354 e. The average Bonchev–Trinajstić information content (AvgIpc) is 3.23. The van der Waals surface area contributed by atoms with Crippen LogP contribution in [0, 0.1) is 0 Å². The lowest BCUT2D eigenvalue weighted by Crippen LogP contribution is -2.20. The van der Waals surface area contributed by atoms with E-state index >= 15 is 0 Å². The number of aromatic nitrogens is 4. The van der Waals surface area contributed by atoms with Crippen LogP contribution >= 0.6 is 23.1 Å². The van der Waals surface area contributed by atoms with Gasteiger partial charge in [-0.25, -0.2) is 14.5 Å². The summed E-state index contributed by atoms with van der Waals surface area (Å²) in [5.74, 6) is -0.212. The zero-order valence-corrected chi connectivity index (χ0v) is 15.3. The van der Waals surface area contributed by atoms with Crippen molar-refractivity contribution in [3.63, 3.8) is 0 Å². The van der Waals surface area contributed by atoms with Crippen LogP contribution in [0.25, 0.3) is 15.9 Å². The van der Waals surface area contributed by atoms with Crippen LogP contribution in [0.5, 0.6) is 0 Å². The third-order valence-corrected chi connectivity index (χ3v) is 5.95. The van der Waals surface area contributed by atoms with Gasteiger partial charge in [0.05, 0.1) is 15.9 Å². The first-order valence-electron chi connectivity index (χ1n) is 7.68. The number of rotatable bonds is 4. The van der Waals surface area contributed by atoms with Crippen LogP contribution in [0.2, 0.25) is 0 Å². The average molecular weight is 369 g/mol. The maximum Gasteiger partial charge on any atom is 0.271 e. The van der Waals surface area contributed by atoms with Gasteiger partial charge < -0.3 is 5.32 Å². The summed E-state index contributed by atoms with van der Waals surface area (Å²) in [5, 5.41) is 7.03. The van der Waals surface area contributed by atoms with Crippen LogP contribution in [-0.2, 0) is 6.42 Å². The molecule has 0 saturated heterocycles. The standard InChI is InChI=1S/C17H15N5OS2/c1-18-16(23)15-11(22-13(20-15)7-4-8-19-22)9-10-5-3-6-12-14(10)21-17(24-2)25-12/h3-8H,9H2,1-2H3,(H,18,23). The van der Waals surface area contributed by atoms with Crippen molar-refractivity contribution < 1.29 is 4.79 Å². The predicted octanol–water partition coefficient (Wildman–Crippen LogP) is 3.01. The van der Waals surface area contributed by atoms with E-state index < -0.39 is 0 Å². The van der Waals surface area contributed by atoms with Crippen molar-refractivity contribution >= 4 is 44.9 Å². The summed E-state index contributed by atoms with van der Waals surface area (Å²) >= 11 is 3.32. The van der Waals surface area contributed by atoms with E-state index in [1.165, 1.54) is 0 Å². The number of amides is 1. The summed E-state index contributed by atoms with van der Waals surface area (Å²) in [6, 6.07) is 9.80. The Kier molecular flexibility index (Phi) is 4.14. The van der Waals surface area contributed by atoms with Crippen molar-refractivity contribution in [2.45, 2.75) is 10.8 Å². The molecule has 0 spiro atoms. The minimum absolute atomic E-state index is 0.212. The van der Waals surface area contributed by atoms with Crippen molar-refractivity contribution in [1.29, 1.82) is 0 Å². The van der Waals surface area contributed by atoms with Crippen molar-refractivity contribution in [2.75, 3.05) is 13.3 Å². The number of benzene rings is 1. The number of fused-ring (bicyclic) bond motifs is 2. The Bertz CT molecular complexity index is 1090. The first kappa shape index (κ1) is 16.0. The SMILES string of the molecule is CNC(=O)c1nc2cccnn2c1Cc1cccc2sc(SC)nc12. The predicted molar refractivity (Wildman–Crippen MR) is 101 cm³/mol. The molecule has 1 aromatic carbocycles. The Hall–Kier alpha value is -2.45. The molecule has 4 rings (SSSR count). The number of carbonyl (C=O) groups is 1. The van der Waals surface area contributed by atoms with Gasteiger partial charge in [0.2, 0.25) is 0 Å². The molecule has 4 aromatic rings. The zero-order chi connectivity index (χ0) is 17.4. The second-order valence-corrected chi connectivity index (χ2v) is 7.49. The van der Waals surface area contributed by atoms with Gasteiger partial charge in [-0.05, 0) is 30.0 Å². The van der Waals surface area contributed by atoms with Gasteiger partial charge in [-0.3, -0.25) is 4.79 Å². The molecule has 8 heteroatoms. The van der Waals surface area contributed by atoms with Crippen LogP contribution in [0.15, 0.2) is 40.9 Å². The molecule has 3 aromatic heterocycles. The van der Waals surface area contributed by atoms with E-state index in [4.69, 9.17) is 4.98 Å². The van der Waals surface area contributed by atoms with E-state index in [2.05, 4.69) is 21.5 Å². The number of hydrogen-bond acceptors (Lipinski definition) is 6. The molecule has 0 aliphatic carbocycles. The summed E-state index contributed by atoms with van der Waals surface area (Å²) in [6.45, 7) is 0. The molecule has 1 amide bonds. The molecule has 3 heterocycles. The second-order valence-electron chi connectivity index (χ2n) is 5.40. The van der Waals surface area contributed by atoms with Crippen LogP contribution in [-0.4, -0.2) is 38.8 Å². The number of thiazole rings is 1. The molecular formula is C17H15N5OS2. The van der Waals surface area contributed by atoms with Crippen LogP contribution in [0.1, 0.15) is 21.7 Å². The van der Waals surface area contributed by atoms with Crippen molar-refractivity contribution in [2.24, 2.45) is 0 Å². The van der Waals surface area contributed by atoms with E-state index in [0.717, 1.165) is 25.8 Å². The van der Waals surface area contributed by atoms with E-state index in [0.29, 0.717) is 17.8 Å². The third-order valence-electron chi connectivity index (χ3n) is 3.94. The molecule has 0 atom stereocenters. The van der Waals surface area contributed by atoms with Gasteiger partial charge in [0, 0.05) is 19.7 Å². The minimum atomic E-state index is -0.212. The third kappa shape index (κ3) is 2.77. The van der Waals surface area contributed by atoms with E-state index in [-0.39, 0.29) is 5.91 Å². The van der Waals surface area contributed by atoms with Gasteiger partial charge in [0.1, 0.15) is 0 Å². The highest BCUT2D eigenvalue weighted by Gasteiger charge is 2.20.